The summed E-state index contributed by atoms with van der Waals surface area (Å²) in [5.74, 6) is 0.0176. The molecule has 3 rings (SSSR count). The van der Waals surface area contributed by atoms with E-state index >= 15 is 0 Å². The molecule has 1 amide bonds. The van der Waals surface area contributed by atoms with E-state index in [1.165, 1.54) is 0 Å². The van der Waals surface area contributed by atoms with Gasteiger partial charge in [0.2, 0.25) is 0 Å². The summed E-state index contributed by atoms with van der Waals surface area (Å²) < 4.78 is 1.12. The first-order valence-corrected chi connectivity index (χ1v) is 7.64. The Morgan fingerprint density at radius 2 is 1.85 bits per heavy atom. The van der Waals surface area contributed by atoms with E-state index in [0.29, 0.717) is 12.1 Å². The fourth-order valence-electron chi connectivity index (χ4n) is 2.57. The fraction of sp³-hybridized carbons (Fsp3) is 0.188. The lowest BCUT2D eigenvalue weighted by atomic mass is 9.97. The summed E-state index contributed by atoms with van der Waals surface area (Å²) in [5.41, 5.74) is 8.92. The second kappa shape index (κ2) is 5.54. The monoisotopic (exact) mass is 378 g/mol. The summed E-state index contributed by atoms with van der Waals surface area (Å²) in [6.07, 6.45) is 0.826. The Hall–Kier alpha value is -1.40. The van der Waals surface area contributed by atoms with Gasteiger partial charge in [0.05, 0.1) is 0 Å². The van der Waals surface area contributed by atoms with Crippen LogP contribution < -0.4 is 10.6 Å². The van der Waals surface area contributed by atoms with Gasteiger partial charge in [-0.2, -0.15) is 0 Å². The molecule has 4 heteroatoms. The predicted octanol–water partition coefficient (Wildman–Crippen LogP) is 2.82. The molecule has 0 bridgehead atoms. The maximum atomic E-state index is 12.7. The molecule has 2 aromatic carbocycles. The first-order chi connectivity index (χ1) is 9.65. The molecule has 2 aromatic rings. The van der Waals surface area contributed by atoms with E-state index in [1.54, 1.807) is 4.90 Å². The number of carbonyl (C=O) groups is 1. The molecule has 0 aromatic heterocycles. The van der Waals surface area contributed by atoms with Gasteiger partial charge in [-0.05, 0) is 64.9 Å². The molecular weight excluding hydrogens is 363 g/mol. The Morgan fingerprint density at radius 3 is 2.60 bits per heavy atom. The smallest absolute Gasteiger partial charge is 0.258 e. The zero-order valence-electron chi connectivity index (χ0n) is 10.9. The number of rotatable bonds is 1. The number of carbonyl (C=O) groups excluding carboxylic acids is 1. The van der Waals surface area contributed by atoms with Gasteiger partial charge in [-0.15, -0.1) is 0 Å². The lowest BCUT2D eigenvalue weighted by Crippen LogP contribution is -2.46. The highest BCUT2D eigenvalue weighted by Gasteiger charge is 2.26. The molecule has 0 saturated carbocycles. The minimum Gasteiger partial charge on any atom is -0.326 e. The minimum absolute atomic E-state index is 0.00213. The number of amides is 1. The normalized spacial score (nSPS) is 17.7. The second-order valence-corrected chi connectivity index (χ2v) is 6.26. The number of hydrogen-bond donors (Lipinski definition) is 1. The van der Waals surface area contributed by atoms with Crippen LogP contribution in [0.25, 0.3) is 0 Å². The summed E-state index contributed by atoms with van der Waals surface area (Å²) in [5, 5.41) is 0. The van der Waals surface area contributed by atoms with Crippen LogP contribution in [-0.2, 0) is 6.42 Å². The molecule has 1 heterocycles. The van der Waals surface area contributed by atoms with Crippen molar-refractivity contribution < 1.29 is 4.79 Å². The Bertz CT molecular complexity index is 639. The van der Waals surface area contributed by atoms with E-state index in [-0.39, 0.29) is 11.9 Å². The Morgan fingerprint density at radius 1 is 1.15 bits per heavy atom. The van der Waals surface area contributed by atoms with Crippen molar-refractivity contribution in [3.8, 4) is 0 Å². The highest BCUT2D eigenvalue weighted by Crippen LogP contribution is 2.27. The van der Waals surface area contributed by atoms with Crippen molar-refractivity contribution in [1.29, 1.82) is 0 Å². The SMILES string of the molecule is NC1Cc2ccccc2N(C(=O)c2ccc(I)cc2)C1. The van der Waals surface area contributed by atoms with Crippen LogP contribution in [0.2, 0.25) is 0 Å². The van der Waals surface area contributed by atoms with Crippen LogP contribution in [0, 0.1) is 3.57 Å². The molecule has 1 unspecified atom stereocenters. The molecule has 2 N–H and O–H groups in total. The quantitative estimate of drug-likeness (QED) is 0.776. The molecule has 102 valence electrons. The number of benzene rings is 2. The van der Waals surface area contributed by atoms with Crippen molar-refractivity contribution in [2.24, 2.45) is 5.73 Å². The molecule has 1 atom stereocenters. The topological polar surface area (TPSA) is 46.3 Å². The van der Waals surface area contributed by atoms with Crippen molar-refractivity contribution in [2.75, 3.05) is 11.4 Å². The van der Waals surface area contributed by atoms with Gasteiger partial charge in [0.1, 0.15) is 0 Å². The first-order valence-electron chi connectivity index (χ1n) is 6.56. The molecule has 0 radical (unpaired) electrons. The van der Waals surface area contributed by atoms with Gasteiger partial charge in [-0.3, -0.25) is 4.79 Å². The summed E-state index contributed by atoms with van der Waals surface area (Å²) >= 11 is 2.23. The maximum Gasteiger partial charge on any atom is 0.258 e. The highest BCUT2D eigenvalue weighted by molar-refractivity contribution is 14.1. The van der Waals surface area contributed by atoms with Crippen molar-refractivity contribution >= 4 is 34.2 Å². The molecule has 0 fully saturated rings. The van der Waals surface area contributed by atoms with Crippen molar-refractivity contribution in [1.82, 2.24) is 0 Å². The molecular formula is C16H15IN2O. The Balaban J connectivity index is 1.97. The average molecular weight is 378 g/mol. The van der Waals surface area contributed by atoms with E-state index in [0.717, 1.165) is 21.2 Å². The molecule has 0 aliphatic carbocycles. The van der Waals surface area contributed by atoms with Gasteiger partial charge in [-0.1, -0.05) is 18.2 Å². The predicted molar refractivity (Wildman–Crippen MR) is 89.0 cm³/mol. The van der Waals surface area contributed by atoms with Crippen LogP contribution in [-0.4, -0.2) is 18.5 Å². The fourth-order valence-corrected chi connectivity index (χ4v) is 2.93. The van der Waals surface area contributed by atoms with Crippen molar-refractivity contribution in [3.63, 3.8) is 0 Å². The van der Waals surface area contributed by atoms with Crippen LogP contribution in [0.5, 0.6) is 0 Å². The third-order valence-corrected chi connectivity index (χ3v) is 4.24. The molecule has 1 aliphatic heterocycles. The Labute approximate surface area is 131 Å². The standard InChI is InChI=1S/C16H15IN2O/c17-13-7-5-11(6-8-13)16(20)19-10-14(18)9-12-3-1-2-4-15(12)19/h1-8,14H,9-10,18H2. The van der Waals surface area contributed by atoms with Crippen molar-refractivity contribution in [2.45, 2.75) is 12.5 Å². The number of nitrogens with two attached hydrogens (primary N) is 1. The number of halogens is 1. The zero-order valence-corrected chi connectivity index (χ0v) is 13.1. The number of para-hydroxylation sites is 1. The average Bonchev–Trinajstić information content (AvgIpc) is 2.46. The van der Waals surface area contributed by atoms with E-state index in [4.69, 9.17) is 5.73 Å². The molecule has 1 aliphatic rings. The van der Waals surface area contributed by atoms with Gasteiger partial charge in [-0.25, -0.2) is 0 Å². The van der Waals surface area contributed by atoms with Crippen LogP contribution in [0.15, 0.2) is 48.5 Å². The lowest BCUT2D eigenvalue weighted by molar-refractivity contribution is 0.0983. The van der Waals surface area contributed by atoms with Crippen molar-refractivity contribution in [3.05, 3.63) is 63.2 Å². The molecule has 0 spiro atoms. The first kappa shape index (κ1) is 13.6. The molecule has 3 nitrogen and oxygen atoms in total. The molecule has 0 saturated heterocycles. The van der Waals surface area contributed by atoms with Crippen LogP contribution >= 0.6 is 22.6 Å². The third-order valence-electron chi connectivity index (χ3n) is 3.52. The second-order valence-electron chi connectivity index (χ2n) is 5.02. The summed E-state index contributed by atoms with van der Waals surface area (Å²) in [6.45, 7) is 0.571. The van der Waals surface area contributed by atoms with E-state index in [9.17, 15) is 4.79 Å². The van der Waals surface area contributed by atoms with E-state index in [1.807, 2.05) is 48.5 Å². The highest BCUT2D eigenvalue weighted by atomic mass is 127. The summed E-state index contributed by atoms with van der Waals surface area (Å²) in [4.78, 5) is 14.5. The van der Waals surface area contributed by atoms with Crippen LogP contribution in [0.4, 0.5) is 5.69 Å². The zero-order chi connectivity index (χ0) is 14.1. The van der Waals surface area contributed by atoms with E-state index < -0.39 is 0 Å². The largest absolute Gasteiger partial charge is 0.326 e. The lowest BCUT2D eigenvalue weighted by Gasteiger charge is -2.33. The minimum atomic E-state index is -0.00213. The number of fused-ring (bicyclic) bond motifs is 1. The van der Waals surface area contributed by atoms with Gasteiger partial charge >= 0.3 is 0 Å². The molecule has 20 heavy (non-hydrogen) atoms. The number of hydrogen-bond acceptors (Lipinski definition) is 2. The van der Waals surface area contributed by atoms with Crippen LogP contribution in [0.3, 0.4) is 0 Å². The summed E-state index contributed by atoms with van der Waals surface area (Å²) in [7, 11) is 0. The van der Waals surface area contributed by atoms with E-state index in [2.05, 4.69) is 22.6 Å². The number of nitrogens with zero attached hydrogens (tertiary/aromatic N) is 1. The summed E-state index contributed by atoms with van der Waals surface area (Å²) in [6, 6.07) is 15.6. The Kier molecular flexibility index (Phi) is 3.76. The number of anilines is 1. The maximum absolute atomic E-state index is 12.7. The van der Waals surface area contributed by atoms with Gasteiger partial charge < -0.3 is 10.6 Å². The van der Waals surface area contributed by atoms with Gasteiger partial charge in [0.15, 0.2) is 0 Å². The van der Waals surface area contributed by atoms with Gasteiger partial charge in [0, 0.05) is 27.4 Å². The third kappa shape index (κ3) is 2.58. The van der Waals surface area contributed by atoms with Crippen LogP contribution in [0.1, 0.15) is 15.9 Å². The van der Waals surface area contributed by atoms with Gasteiger partial charge in [0.25, 0.3) is 5.91 Å².